The Morgan fingerprint density at radius 2 is 2.05 bits per heavy atom. The van der Waals surface area contributed by atoms with E-state index in [0.717, 1.165) is 42.5 Å². The number of nitrogens with zero attached hydrogens (tertiary/aromatic N) is 1. The van der Waals surface area contributed by atoms with Crippen LogP contribution in [0.2, 0.25) is 0 Å². The lowest BCUT2D eigenvalue weighted by atomic mass is 9.85. The van der Waals surface area contributed by atoms with Crippen LogP contribution >= 0.6 is 0 Å². The van der Waals surface area contributed by atoms with E-state index in [-0.39, 0.29) is 6.04 Å². The predicted octanol–water partition coefficient (Wildman–Crippen LogP) is 1.67. The van der Waals surface area contributed by atoms with Crippen LogP contribution in [0.1, 0.15) is 39.5 Å². The highest BCUT2D eigenvalue weighted by Gasteiger charge is 2.26. The van der Waals surface area contributed by atoms with E-state index in [1.54, 1.807) is 0 Å². The summed E-state index contributed by atoms with van der Waals surface area (Å²) in [6, 6.07) is 0.171. The molecule has 0 saturated heterocycles. The lowest BCUT2D eigenvalue weighted by molar-refractivity contribution is -0.139. The standard InChI is InChI=1S/C15H21N3O2/c1-9(2)11-5-4-10(3)13(8-11)17-18-15(20)14(19)16-12-6-7-12/h4,11-12H,1,5-8H2,2-3H3,(H,16,19)(H,18,20)/b17-13-/t11-/m0/s1. The van der Waals surface area contributed by atoms with Crippen LogP contribution in [0, 0.1) is 5.92 Å². The molecule has 2 N–H and O–H groups in total. The maximum Gasteiger partial charge on any atom is 0.329 e. The molecule has 1 atom stereocenters. The van der Waals surface area contributed by atoms with Gasteiger partial charge >= 0.3 is 11.8 Å². The number of hydrogen-bond donors (Lipinski definition) is 2. The Hall–Kier alpha value is -1.91. The first-order valence-corrected chi connectivity index (χ1v) is 6.97. The van der Waals surface area contributed by atoms with Gasteiger partial charge in [-0.2, -0.15) is 5.10 Å². The van der Waals surface area contributed by atoms with Gasteiger partial charge in [-0.3, -0.25) is 9.59 Å². The van der Waals surface area contributed by atoms with Crippen molar-refractivity contribution in [3.8, 4) is 0 Å². The average Bonchev–Trinajstić information content (AvgIpc) is 3.20. The number of carbonyl (C=O) groups excluding carboxylic acids is 2. The van der Waals surface area contributed by atoms with Gasteiger partial charge in [-0.05, 0) is 51.0 Å². The summed E-state index contributed by atoms with van der Waals surface area (Å²) in [5.74, 6) is -0.949. The molecule has 0 aromatic heterocycles. The molecule has 0 aliphatic heterocycles. The second-order valence-electron chi connectivity index (χ2n) is 5.62. The van der Waals surface area contributed by atoms with Gasteiger partial charge in [0.25, 0.3) is 0 Å². The second-order valence-corrected chi connectivity index (χ2v) is 5.62. The van der Waals surface area contributed by atoms with Crippen LogP contribution < -0.4 is 10.7 Å². The van der Waals surface area contributed by atoms with Gasteiger partial charge in [0.2, 0.25) is 0 Å². The topological polar surface area (TPSA) is 70.6 Å². The van der Waals surface area contributed by atoms with E-state index in [9.17, 15) is 9.59 Å². The molecule has 1 saturated carbocycles. The predicted molar refractivity (Wildman–Crippen MR) is 78.0 cm³/mol. The Morgan fingerprint density at radius 1 is 1.35 bits per heavy atom. The molecule has 1 fully saturated rings. The molecule has 0 radical (unpaired) electrons. The van der Waals surface area contributed by atoms with Crippen molar-refractivity contribution in [1.82, 2.24) is 10.7 Å². The minimum absolute atomic E-state index is 0.171. The fraction of sp³-hybridized carbons (Fsp3) is 0.533. The summed E-state index contributed by atoms with van der Waals surface area (Å²) in [7, 11) is 0. The Kier molecular flexibility index (Phi) is 4.37. The van der Waals surface area contributed by atoms with Crippen LogP contribution in [0.4, 0.5) is 0 Å². The van der Waals surface area contributed by atoms with Gasteiger partial charge < -0.3 is 5.32 Å². The van der Waals surface area contributed by atoms with Crippen LogP contribution in [0.3, 0.4) is 0 Å². The molecule has 2 amide bonds. The summed E-state index contributed by atoms with van der Waals surface area (Å²) >= 11 is 0. The van der Waals surface area contributed by atoms with Crippen LogP contribution in [-0.4, -0.2) is 23.6 Å². The smallest absolute Gasteiger partial charge is 0.329 e. The van der Waals surface area contributed by atoms with Crippen LogP contribution in [0.15, 0.2) is 28.9 Å². The fourth-order valence-electron chi connectivity index (χ4n) is 2.07. The van der Waals surface area contributed by atoms with Gasteiger partial charge in [-0.1, -0.05) is 18.2 Å². The number of hydrazone groups is 1. The number of nitrogens with one attached hydrogen (secondary N) is 2. The van der Waals surface area contributed by atoms with E-state index in [0.29, 0.717) is 5.92 Å². The lowest BCUT2D eigenvalue weighted by Crippen LogP contribution is -2.39. The minimum atomic E-state index is -0.699. The lowest BCUT2D eigenvalue weighted by Gasteiger charge is -2.22. The SMILES string of the molecule is C=C(C)[C@H]1CC=C(C)/C(=N\NC(=O)C(=O)NC2CC2)C1. The Labute approximate surface area is 119 Å². The van der Waals surface area contributed by atoms with Crippen LogP contribution in [0.5, 0.6) is 0 Å². The van der Waals surface area contributed by atoms with Crippen molar-refractivity contribution in [2.75, 3.05) is 0 Å². The summed E-state index contributed by atoms with van der Waals surface area (Å²) in [6.07, 6.45) is 5.71. The molecule has 20 heavy (non-hydrogen) atoms. The molecular formula is C15H21N3O2. The van der Waals surface area contributed by atoms with Gasteiger partial charge in [0.15, 0.2) is 0 Å². The van der Waals surface area contributed by atoms with Gasteiger partial charge in [0, 0.05) is 6.04 Å². The number of allylic oxidation sites excluding steroid dienone is 3. The van der Waals surface area contributed by atoms with Crippen molar-refractivity contribution >= 4 is 17.5 Å². The number of carbonyl (C=O) groups is 2. The highest BCUT2D eigenvalue weighted by molar-refractivity contribution is 6.35. The van der Waals surface area contributed by atoms with Crippen molar-refractivity contribution in [3.05, 3.63) is 23.8 Å². The van der Waals surface area contributed by atoms with E-state index < -0.39 is 11.8 Å². The molecule has 0 spiro atoms. The van der Waals surface area contributed by atoms with Crippen LogP contribution in [-0.2, 0) is 9.59 Å². The highest BCUT2D eigenvalue weighted by atomic mass is 16.2. The first-order valence-electron chi connectivity index (χ1n) is 6.97. The molecule has 5 nitrogen and oxygen atoms in total. The summed E-state index contributed by atoms with van der Waals surface area (Å²) in [6.45, 7) is 7.93. The third-order valence-corrected chi connectivity index (χ3v) is 3.71. The van der Waals surface area contributed by atoms with Gasteiger partial charge in [0.1, 0.15) is 0 Å². The van der Waals surface area contributed by atoms with E-state index in [1.807, 2.05) is 13.8 Å². The summed E-state index contributed by atoms with van der Waals surface area (Å²) in [4.78, 5) is 23.1. The second kappa shape index (κ2) is 6.03. The Balaban J connectivity index is 1.93. The minimum Gasteiger partial charge on any atom is -0.345 e. The van der Waals surface area contributed by atoms with E-state index >= 15 is 0 Å². The van der Waals surface area contributed by atoms with Crippen molar-refractivity contribution in [1.29, 1.82) is 0 Å². The normalized spacial score (nSPS) is 24.0. The quantitative estimate of drug-likeness (QED) is 0.467. The monoisotopic (exact) mass is 275 g/mol. The summed E-state index contributed by atoms with van der Waals surface area (Å²) < 4.78 is 0. The number of hydrogen-bond acceptors (Lipinski definition) is 3. The fourth-order valence-corrected chi connectivity index (χ4v) is 2.07. The molecule has 0 bridgehead atoms. The summed E-state index contributed by atoms with van der Waals surface area (Å²) in [5, 5.41) is 6.72. The van der Waals surface area contributed by atoms with Gasteiger partial charge in [-0.25, -0.2) is 5.43 Å². The number of rotatable bonds is 3. The maximum atomic E-state index is 11.6. The number of amides is 2. The third kappa shape index (κ3) is 3.79. The average molecular weight is 275 g/mol. The van der Waals surface area contributed by atoms with E-state index in [4.69, 9.17) is 0 Å². The zero-order chi connectivity index (χ0) is 14.7. The Morgan fingerprint density at radius 3 is 2.65 bits per heavy atom. The third-order valence-electron chi connectivity index (χ3n) is 3.71. The molecule has 2 aliphatic carbocycles. The van der Waals surface area contributed by atoms with Crippen molar-refractivity contribution < 1.29 is 9.59 Å². The first kappa shape index (κ1) is 14.5. The molecule has 108 valence electrons. The Bertz CT molecular complexity index is 501. The molecule has 0 aromatic carbocycles. The highest BCUT2D eigenvalue weighted by Crippen LogP contribution is 2.26. The molecule has 5 heteroatoms. The van der Waals surface area contributed by atoms with Crippen molar-refractivity contribution in [3.63, 3.8) is 0 Å². The first-order chi connectivity index (χ1) is 9.47. The molecule has 0 heterocycles. The van der Waals surface area contributed by atoms with Gasteiger partial charge in [-0.15, -0.1) is 0 Å². The van der Waals surface area contributed by atoms with Crippen LogP contribution in [0.25, 0.3) is 0 Å². The zero-order valence-corrected chi connectivity index (χ0v) is 12.0. The molecular weight excluding hydrogens is 254 g/mol. The molecule has 0 unspecified atom stereocenters. The van der Waals surface area contributed by atoms with E-state index in [2.05, 4.69) is 28.5 Å². The largest absolute Gasteiger partial charge is 0.345 e. The van der Waals surface area contributed by atoms with Crippen molar-refractivity contribution in [2.45, 2.75) is 45.6 Å². The zero-order valence-electron chi connectivity index (χ0n) is 12.0. The molecule has 2 aliphatic rings. The van der Waals surface area contributed by atoms with Crippen molar-refractivity contribution in [2.24, 2.45) is 11.0 Å². The summed E-state index contributed by atoms with van der Waals surface area (Å²) in [5.41, 5.74) is 5.32. The molecule has 2 rings (SSSR count). The maximum absolute atomic E-state index is 11.6. The molecule has 0 aromatic rings. The van der Waals surface area contributed by atoms with E-state index in [1.165, 1.54) is 0 Å². The van der Waals surface area contributed by atoms with Gasteiger partial charge in [0.05, 0.1) is 5.71 Å².